The number of nitrogens with one attached hydrogen (secondary N) is 1. The molecule has 0 saturated carbocycles. The average molecular weight is 526 g/mol. The second-order valence-corrected chi connectivity index (χ2v) is 10.2. The van der Waals surface area contributed by atoms with Gasteiger partial charge in [0.05, 0.1) is 12.2 Å². The molecule has 200 valence electrons. The number of nitrogens with zero attached hydrogens (tertiary/aromatic N) is 6. The molecule has 0 radical (unpaired) electrons. The zero-order valence-corrected chi connectivity index (χ0v) is 21.9. The zero-order valence-electron chi connectivity index (χ0n) is 21.9. The number of ketones is 1. The Bertz CT molecular complexity index is 1630. The van der Waals surface area contributed by atoms with Crippen LogP contribution in [0.3, 0.4) is 0 Å². The van der Waals surface area contributed by atoms with Crippen LogP contribution in [0.1, 0.15) is 43.9 Å². The van der Waals surface area contributed by atoms with E-state index < -0.39 is 5.60 Å². The van der Waals surface area contributed by atoms with Gasteiger partial charge in [-0.05, 0) is 55.2 Å². The number of carbonyl (C=O) groups is 1. The maximum Gasteiger partial charge on any atom is 0.278 e. The quantitative estimate of drug-likeness (QED) is 0.351. The highest BCUT2D eigenvalue weighted by atomic mass is 16.3. The lowest BCUT2D eigenvalue weighted by atomic mass is 9.98. The molecule has 10 nitrogen and oxygen atoms in total. The van der Waals surface area contributed by atoms with Gasteiger partial charge in [-0.1, -0.05) is 19.1 Å². The number of fused-ring (bicyclic) bond motifs is 2. The molecule has 1 saturated heterocycles. The molecule has 1 aromatic carbocycles. The van der Waals surface area contributed by atoms with E-state index in [0.717, 1.165) is 36.4 Å². The van der Waals surface area contributed by atoms with Gasteiger partial charge in [0.25, 0.3) is 5.56 Å². The number of pyridine rings is 1. The summed E-state index contributed by atoms with van der Waals surface area (Å²) in [7, 11) is 0. The third-order valence-corrected chi connectivity index (χ3v) is 7.80. The van der Waals surface area contributed by atoms with Crippen molar-refractivity contribution in [2.24, 2.45) is 0 Å². The largest absolute Gasteiger partial charge is 0.384 e. The minimum absolute atomic E-state index is 0.242. The molecule has 39 heavy (non-hydrogen) atoms. The Hall–Kier alpha value is -4.31. The second kappa shape index (κ2) is 9.77. The fourth-order valence-electron chi connectivity index (χ4n) is 5.51. The summed E-state index contributed by atoms with van der Waals surface area (Å²) < 4.78 is 3.21. The van der Waals surface area contributed by atoms with Gasteiger partial charge in [-0.2, -0.15) is 4.98 Å². The molecule has 0 unspecified atom stereocenters. The van der Waals surface area contributed by atoms with Crippen LogP contribution in [0.25, 0.3) is 16.9 Å². The van der Waals surface area contributed by atoms with E-state index in [2.05, 4.69) is 21.8 Å². The third kappa shape index (κ3) is 4.40. The van der Waals surface area contributed by atoms with Crippen LogP contribution in [0.15, 0.2) is 60.0 Å². The Balaban J connectivity index is 1.36. The Kier molecular flexibility index (Phi) is 6.26. The lowest BCUT2D eigenvalue weighted by Crippen LogP contribution is -2.33. The van der Waals surface area contributed by atoms with Crippen LogP contribution >= 0.6 is 0 Å². The summed E-state index contributed by atoms with van der Waals surface area (Å²) in [5, 5.41) is 14.7. The van der Waals surface area contributed by atoms with Gasteiger partial charge in [0.2, 0.25) is 5.95 Å². The number of carbonyl (C=O) groups excluding carboxylic acids is 1. The van der Waals surface area contributed by atoms with Gasteiger partial charge in [-0.15, -0.1) is 6.58 Å². The van der Waals surface area contributed by atoms with Crippen LogP contribution in [-0.2, 0) is 23.4 Å². The maximum atomic E-state index is 13.3. The minimum atomic E-state index is -0.977. The molecule has 4 aromatic rings. The number of hydrogen-bond donors (Lipinski definition) is 2. The predicted octanol–water partition coefficient (Wildman–Crippen LogP) is 3.62. The van der Waals surface area contributed by atoms with Crippen molar-refractivity contribution in [1.82, 2.24) is 24.3 Å². The number of Topliss-reactive ketones (excluding diaryl/α,β-unsaturated/α-hetero) is 1. The molecular weight excluding hydrogens is 494 g/mol. The molecule has 1 atom stereocenters. The van der Waals surface area contributed by atoms with Gasteiger partial charge in [-0.25, -0.2) is 19.3 Å². The molecule has 1 aliphatic heterocycles. The van der Waals surface area contributed by atoms with E-state index in [9.17, 15) is 14.7 Å². The van der Waals surface area contributed by atoms with Crippen LogP contribution in [0, 0.1) is 0 Å². The number of aryl methyl sites for hydroxylation is 1. The van der Waals surface area contributed by atoms with E-state index in [1.165, 1.54) is 10.9 Å². The number of anilines is 3. The standard InChI is InChI=1S/C29H31N7O3/c1-3-15-35-27(38)23-18-30-28(31-20-6-8-21(9-7-20)34-16-12-22(37)13-17-34)33-26(23)36(35)24-10-5-19-11-14-29(39,4-2)25(19)32-24/h3,5-10,18,39H,1,4,11-17H2,2H3,(H,30,31,33)/t29-/m0/s1. The molecule has 0 amide bonds. The van der Waals surface area contributed by atoms with Gasteiger partial charge in [-0.3, -0.25) is 9.59 Å². The first-order valence-electron chi connectivity index (χ1n) is 13.4. The molecular formula is C29H31N7O3. The number of aromatic nitrogens is 5. The van der Waals surface area contributed by atoms with Crippen molar-refractivity contribution < 1.29 is 9.90 Å². The van der Waals surface area contributed by atoms with E-state index >= 15 is 0 Å². The topological polar surface area (TPSA) is 118 Å². The predicted molar refractivity (Wildman–Crippen MR) is 150 cm³/mol. The van der Waals surface area contributed by atoms with Crippen molar-refractivity contribution in [2.45, 2.75) is 51.2 Å². The van der Waals surface area contributed by atoms with Crippen molar-refractivity contribution in [3.63, 3.8) is 0 Å². The fraction of sp³-hybridized carbons (Fsp3) is 0.345. The molecule has 0 spiro atoms. The normalized spacial score (nSPS) is 18.9. The van der Waals surface area contributed by atoms with Crippen molar-refractivity contribution >= 4 is 34.1 Å². The van der Waals surface area contributed by atoms with E-state index in [4.69, 9.17) is 9.97 Å². The number of piperidine rings is 1. The van der Waals surface area contributed by atoms with Crippen molar-refractivity contribution in [1.29, 1.82) is 0 Å². The molecule has 6 rings (SSSR count). The summed E-state index contributed by atoms with van der Waals surface area (Å²) in [6, 6.07) is 11.7. The first kappa shape index (κ1) is 25.0. The smallest absolute Gasteiger partial charge is 0.278 e. The molecule has 1 aliphatic carbocycles. The Labute approximate surface area is 225 Å². The van der Waals surface area contributed by atoms with Crippen LogP contribution < -0.4 is 15.8 Å². The van der Waals surface area contributed by atoms with Crippen LogP contribution in [-0.4, -0.2) is 48.3 Å². The molecule has 2 aliphatic rings. The summed E-state index contributed by atoms with van der Waals surface area (Å²) in [6.45, 7) is 7.49. The second-order valence-electron chi connectivity index (χ2n) is 10.2. The Morgan fingerprint density at radius 1 is 1.08 bits per heavy atom. The third-order valence-electron chi connectivity index (χ3n) is 7.80. The highest BCUT2D eigenvalue weighted by Crippen LogP contribution is 2.38. The summed E-state index contributed by atoms with van der Waals surface area (Å²) >= 11 is 0. The van der Waals surface area contributed by atoms with Crippen molar-refractivity contribution in [3.05, 3.63) is 76.9 Å². The lowest BCUT2D eigenvalue weighted by molar-refractivity contribution is -0.119. The highest BCUT2D eigenvalue weighted by Gasteiger charge is 2.37. The summed E-state index contributed by atoms with van der Waals surface area (Å²) in [6.07, 6.45) is 6.30. The molecule has 0 bridgehead atoms. The van der Waals surface area contributed by atoms with E-state index in [-0.39, 0.29) is 12.1 Å². The maximum absolute atomic E-state index is 13.3. The molecule has 10 heteroatoms. The first-order chi connectivity index (χ1) is 18.9. The molecule has 1 fully saturated rings. The molecule has 4 heterocycles. The Morgan fingerprint density at radius 3 is 2.56 bits per heavy atom. The molecule has 2 N–H and O–H groups in total. The van der Waals surface area contributed by atoms with Gasteiger partial charge >= 0.3 is 0 Å². The van der Waals surface area contributed by atoms with Crippen LogP contribution in [0.2, 0.25) is 0 Å². The zero-order chi connectivity index (χ0) is 27.1. The van der Waals surface area contributed by atoms with Crippen LogP contribution in [0.5, 0.6) is 0 Å². The fourth-order valence-corrected chi connectivity index (χ4v) is 5.51. The SMILES string of the molecule is C=CCn1c(=O)c2cnc(Nc3ccc(N4CCC(=O)CC4)cc3)nc2n1-c1ccc2c(n1)[C@](O)(CC)CC2. The van der Waals surface area contributed by atoms with E-state index in [1.807, 2.05) is 43.3 Å². The number of allylic oxidation sites excluding steroid dienone is 1. The Morgan fingerprint density at radius 2 is 1.85 bits per heavy atom. The summed E-state index contributed by atoms with van der Waals surface area (Å²) in [4.78, 5) is 41.0. The van der Waals surface area contributed by atoms with Gasteiger partial charge in [0.1, 0.15) is 16.8 Å². The average Bonchev–Trinajstić information content (AvgIpc) is 3.43. The van der Waals surface area contributed by atoms with Gasteiger partial charge < -0.3 is 15.3 Å². The number of rotatable bonds is 7. The minimum Gasteiger partial charge on any atom is -0.384 e. The summed E-state index contributed by atoms with van der Waals surface area (Å²) in [5.41, 5.74) is 2.74. The van der Waals surface area contributed by atoms with Crippen molar-refractivity contribution in [3.8, 4) is 5.82 Å². The number of benzene rings is 1. The number of aliphatic hydroxyl groups is 1. The van der Waals surface area contributed by atoms with E-state index in [1.54, 1.807) is 10.8 Å². The lowest BCUT2D eigenvalue weighted by Gasteiger charge is -2.28. The first-order valence-corrected chi connectivity index (χ1v) is 13.4. The van der Waals surface area contributed by atoms with Gasteiger partial charge in [0.15, 0.2) is 11.5 Å². The van der Waals surface area contributed by atoms with Crippen LogP contribution in [0.4, 0.5) is 17.3 Å². The summed E-state index contributed by atoms with van der Waals surface area (Å²) in [5.74, 6) is 1.16. The highest BCUT2D eigenvalue weighted by molar-refractivity contribution is 5.81. The number of hydrogen-bond acceptors (Lipinski definition) is 8. The van der Waals surface area contributed by atoms with Crippen molar-refractivity contribution in [2.75, 3.05) is 23.3 Å². The van der Waals surface area contributed by atoms with E-state index in [0.29, 0.717) is 60.0 Å². The molecule has 3 aromatic heterocycles. The monoisotopic (exact) mass is 525 g/mol. The van der Waals surface area contributed by atoms with Gasteiger partial charge in [0, 0.05) is 43.5 Å².